The first-order chi connectivity index (χ1) is 15.3. The molecule has 2 atom stereocenters. The van der Waals surface area contributed by atoms with Crippen LogP contribution in [0.3, 0.4) is 0 Å². The Hall–Kier alpha value is -2.93. The van der Waals surface area contributed by atoms with Crippen LogP contribution in [0.2, 0.25) is 0 Å². The zero-order valence-corrected chi connectivity index (χ0v) is 19.4. The molecular formula is C25H28N2O4S. The number of fused-ring (bicyclic) bond motifs is 3. The van der Waals surface area contributed by atoms with Crippen LogP contribution in [-0.4, -0.2) is 44.1 Å². The van der Waals surface area contributed by atoms with E-state index in [1.807, 2.05) is 26.8 Å². The summed E-state index contributed by atoms with van der Waals surface area (Å²) in [5.74, 6) is -1.08. The van der Waals surface area contributed by atoms with E-state index in [2.05, 4.69) is 0 Å². The minimum Gasteiger partial charge on any atom is -0.337 e. The number of nitrogens with zero attached hydrogens (tertiary/aromatic N) is 2. The molecule has 7 heteroatoms. The summed E-state index contributed by atoms with van der Waals surface area (Å²) in [6.45, 7) is 6.45. The average Bonchev–Trinajstić information content (AvgIpc) is 3.11. The Morgan fingerprint density at radius 3 is 2.31 bits per heavy atom. The van der Waals surface area contributed by atoms with Gasteiger partial charge < -0.3 is 4.90 Å². The van der Waals surface area contributed by atoms with Gasteiger partial charge in [-0.3, -0.25) is 13.9 Å². The summed E-state index contributed by atoms with van der Waals surface area (Å²) in [6.07, 6.45) is 2.67. The normalized spacial score (nSPS) is 22.0. The van der Waals surface area contributed by atoms with E-state index >= 15 is 0 Å². The molecule has 0 radical (unpaired) electrons. The summed E-state index contributed by atoms with van der Waals surface area (Å²) in [5.41, 5.74) is 0.833. The number of carbonyl (C=O) groups excluding carboxylic acids is 2. The number of allylic oxidation sites excluding steroid dienone is 1. The lowest BCUT2D eigenvalue weighted by molar-refractivity contribution is -0.147. The molecule has 1 aliphatic heterocycles. The number of sulfonamides is 1. The smallest absolute Gasteiger partial charge is 0.290 e. The Morgan fingerprint density at radius 1 is 1.03 bits per heavy atom. The van der Waals surface area contributed by atoms with E-state index in [0.717, 1.165) is 5.57 Å². The molecule has 168 valence electrons. The fourth-order valence-electron chi connectivity index (χ4n) is 5.13. The summed E-state index contributed by atoms with van der Waals surface area (Å²) in [4.78, 5) is 28.9. The standard InChI is InChI=1S/C25H28N2O4S/c1-4-26(5-2)24(29)23(28)25-17-18(3)15-16-22(25)27(21-14-10-9-13-20(21)25)32(30,31)19-11-7-6-8-12-19/h6-15,22H,4-5,16-17H2,1-3H3/t22-,25+/m0/s1. The summed E-state index contributed by atoms with van der Waals surface area (Å²) < 4.78 is 29.0. The molecule has 1 heterocycles. The summed E-state index contributed by atoms with van der Waals surface area (Å²) in [7, 11) is -3.94. The van der Waals surface area contributed by atoms with Crippen LogP contribution in [0, 0.1) is 0 Å². The number of likely N-dealkylation sites (N-methyl/N-ethyl adjacent to an activating group) is 1. The molecule has 0 spiro atoms. The maximum Gasteiger partial charge on any atom is 0.290 e. The van der Waals surface area contributed by atoms with Gasteiger partial charge in [-0.2, -0.15) is 0 Å². The van der Waals surface area contributed by atoms with Crippen molar-refractivity contribution in [2.75, 3.05) is 17.4 Å². The Balaban J connectivity index is 1.95. The second kappa shape index (κ2) is 8.20. The molecule has 2 aromatic carbocycles. The fourth-order valence-corrected chi connectivity index (χ4v) is 6.87. The van der Waals surface area contributed by atoms with E-state index in [-0.39, 0.29) is 4.90 Å². The van der Waals surface area contributed by atoms with Crippen molar-refractivity contribution in [3.05, 3.63) is 71.8 Å². The molecule has 0 unspecified atom stereocenters. The number of ketones is 1. The molecule has 32 heavy (non-hydrogen) atoms. The lowest BCUT2D eigenvalue weighted by atomic mass is 9.65. The lowest BCUT2D eigenvalue weighted by Gasteiger charge is -2.40. The van der Waals surface area contributed by atoms with Crippen LogP contribution < -0.4 is 4.31 Å². The number of Topliss-reactive ketones (excluding diaryl/α,β-unsaturated/α-hetero) is 1. The Labute approximate surface area is 189 Å². The molecule has 4 rings (SSSR count). The zero-order chi connectivity index (χ0) is 23.1. The van der Waals surface area contributed by atoms with Gasteiger partial charge in [-0.15, -0.1) is 0 Å². The molecule has 6 nitrogen and oxygen atoms in total. The summed E-state index contributed by atoms with van der Waals surface area (Å²) >= 11 is 0. The second-order valence-electron chi connectivity index (χ2n) is 8.39. The molecule has 0 fully saturated rings. The fraction of sp³-hybridized carbons (Fsp3) is 0.360. The molecule has 0 aromatic heterocycles. The van der Waals surface area contributed by atoms with Gasteiger partial charge in [-0.1, -0.05) is 48.0 Å². The van der Waals surface area contributed by atoms with E-state index in [9.17, 15) is 18.0 Å². The maximum absolute atomic E-state index is 13.9. The van der Waals surface area contributed by atoms with Crippen LogP contribution in [-0.2, 0) is 25.0 Å². The third-order valence-corrected chi connectivity index (χ3v) is 8.51. The molecule has 2 aromatic rings. The second-order valence-corrected chi connectivity index (χ2v) is 10.2. The van der Waals surface area contributed by atoms with Crippen LogP contribution in [0.4, 0.5) is 5.69 Å². The Kier molecular flexibility index (Phi) is 5.71. The van der Waals surface area contributed by atoms with Crippen molar-refractivity contribution in [1.29, 1.82) is 0 Å². The first-order valence-corrected chi connectivity index (χ1v) is 12.4. The van der Waals surface area contributed by atoms with Gasteiger partial charge in [0.25, 0.3) is 15.9 Å². The molecule has 0 bridgehead atoms. The largest absolute Gasteiger partial charge is 0.337 e. The van der Waals surface area contributed by atoms with Gasteiger partial charge in [0.15, 0.2) is 0 Å². The molecule has 0 N–H and O–H groups in total. The predicted octanol–water partition coefficient (Wildman–Crippen LogP) is 3.68. The van der Waals surface area contributed by atoms with E-state index in [1.165, 1.54) is 9.21 Å². The maximum atomic E-state index is 13.9. The third kappa shape index (κ3) is 3.18. The van der Waals surface area contributed by atoms with Crippen molar-refractivity contribution in [1.82, 2.24) is 4.90 Å². The van der Waals surface area contributed by atoms with Crippen molar-refractivity contribution in [3.8, 4) is 0 Å². The van der Waals surface area contributed by atoms with Crippen molar-refractivity contribution in [2.45, 2.75) is 50.0 Å². The van der Waals surface area contributed by atoms with Gasteiger partial charge in [0, 0.05) is 13.1 Å². The van der Waals surface area contributed by atoms with Crippen molar-refractivity contribution in [3.63, 3.8) is 0 Å². The van der Waals surface area contributed by atoms with Gasteiger partial charge >= 0.3 is 0 Å². The quantitative estimate of drug-likeness (QED) is 0.495. The molecule has 0 saturated heterocycles. The lowest BCUT2D eigenvalue weighted by Crippen LogP contribution is -2.57. The van der Waals surface area contributed by atoms with E-state index < -0.39 is 33.2 Å². The number of anilines is 1. The van der Waals surface area contributed by atoms with Crippen LogP contribution in [0.25, 0.3) is 0 Å². The van der Waals surface area contributed by atoms with E-state index in [0.29, 0.717) is 37.2 Å². The Morgan fingerprint density at radius 2 is 1.66 bits per heavy atom. The van der Waals surface area contributed by atoms with E-state index in [4.69, 9.17) is 0 Å². The summed E-state index contributed by atoms with van der Waals surface area (Å²) in [5, 5.41) is 0. The first kappa shape index (κ1) is 22.3. The molecule has 2 aliphatic rings. The SMILES string of the molecule is CCN(CC)C(=O)C(=O)[C@@]12CC(C)=CC[C@@H]1N(S(=O)(=O)c1ccccc1)c1ccccc12. The highest BCUT2D eigenvalue weighted by Crippen LogP contribution is 2.54. The van der Waals surface area contributed by atoms with E-state index in [1.54, 1.807) is 54.6 Å². The number of hydrogen-bond acceptors (Lipinski definition) is 4. The molecule has 0 saturated carbocycles. The molecule has 1 amide bonds. The summed E-state index contributed by atoms with van der Waals surface area (Å²) in [6, 6.07) is 14.7. The van der Waals surface area contributed by atoms with Crippen LogP contribution >= 0.6 is 0 Å². The van der Waals surface area contributed by atoms with Gasteiger partial charge in [0.2, 0.25) is 5.78 Å². The number of para-hydroxylation sites is 1. The minimum atomic E-state index is -3.94. The molecule has 1 aliphatic carbocycles. The van der Waals surface area contributed by atoms with Gasteiger partial charge in [-0.25, -0.2) is 8.42 Å². The third-order valence-electron chi connectivity index (χ3n) is 6.67. The monoisotopic (exact) mass is 452 g/mol. The number of hydrogen-bond donors (Lipinski definition) is 0. The number of carbonyl (C=O) groups is 2. The molecular weight excluding hydrogens is 424 g/mol. The van der Waals surface area contributed by atoms with Gasteiger partial charge in [-0.05, 0) is 57.4 Å². The van der Waals surface area contributed by atoms with Crippen molar-refractivity contribution < 1.29 is 18.0 Å². The van der Waals surface area contributed by atoms with Crippen LogP contribution in [0.15, 0.2) is 71.1 Å². The average molecular weight is 453 g/mol. The topological polar surface area (TPSA) is 74.8 Å². The van der Waals surface area contributed by atoms with Crippen molar-refractivity contribution in [2.24, 2.45) is 0 Å². The van der Waals surface area contributed by atoms with Crippen molar-refractivity contribution >= 4 is 27.4 Å². The Bertz CT molecular complexity index is 1190. The van der Waals surface area contributed by atoms with Gasteiger partial charge in [0.1, 0.15) is 0 Å². The predicted molar refractivity (Wildman–Crippen MR) is 124 cm³/mol. The zero-order valence-electron chi connectivity index (χ0n) is 18.6. The highest BCUT2D eigenvalue weighted by Gasteiger charge is 2.61. The first-order valence-electron chi connectivity index (χ1n) is 11.0. The van der Waals surface area contributed by atoms with Crippen LogP contribution in [0.5, 0.6) is 0 Å². The number of rotatable bonds is 6. The number of amides is 1. The number of benzene rings is 2. The van der Waals surface area contributed by atoms with Crippen LogP contribution in [0.1, 0.15) is 39.2 Å². The highest BCUT2D eigenvalue weighted by molar-refractivity contribution is 7.93. The highest BCUT2D eigenvalue weighted by atomic mass is 32.2. The van der Waals surface area contributed by atoms with Gasteiger partial charge in [0.05, 0.1) is 22.0 Å². The minimum absolute atomic E-state index is 0.166.